The molecule has 0 aliphatic heterocycles. The predicted octanol–water partition coefficient (Wildman–Crippen LogP) is -1.42. The van der Waals surface area contributed by atoms with Crippen molar-refractivity contribution in [2.45, 2.75) is 24.0 Å². The molecule has 3 aliphatic carbocycles. The number of benzene rings is 1. The number of nitrogens with two attached hydrogens (primary N) is 1. The van der Waals surface area contributed by atoms with Crippen LogP contribution < -0.4 is 5.73 Å². The van der Waals surface area contributed by atoms with Gasteiger partial charge in [-0.05, 0) is 26.6 Å². The number of carbonyl (C=O) groups is 3. The Morgan fingerprint density at radius 1 is 1.06 bits per heavy atom. The van der Waals surface area contributed by atoms with Crippen LogP contribution in [0.4, 0.5) is 0 Å². The summed E-state index contributed by atoms with van der Waals surface area (Å²) in [5.74, 6) is -15.5. The van der Waals surface area contributed by atoms with Gasteiger partial charge in [0.05, 0.1) is 23.4 Å². The average Bonchev–Trinajstić information content (AvgIpc) is 2.72. The zero-order valence-corrected chi connectivity index (χ0v) is 18.0. The minimum Gasteiger partial charge on any atom is -0.505 e. The molecule has 1 aromatic rings. The van der Waals surface area contributed by atoms with Crippen molar-refractivity contribution in [2.24, 2.45) is 23.5 Å². The number of fused-ring (bicyclic) bond motifs is 3. The first-order chi connectivity index (χ1) is 15.1. The largest absolute Gasteiger partial charge is 0.505 e. The second kappa shape index (κ2) is 6.72. The molecule has 0 bridgehead atoms. The fourth-order valence-corrected chi connectivity index (χ4v) is 5.67. The van der Waals surface area contributed by atoms with Crippen molar-refractivity contribution in [3.63, 3.8) is 0 Å². The summed E-state index contributed by atoms with van der Waals surface area (Å²) in [6.07, 6.45) is 0. The van der Waals surface area contributed by atoms with Crippen molar-refractivity contribution < 1.29 is 45.0 Å². The van der Waals surface area contributed by atoms with Crippen LogP contribution in [-0.4, -0.2) is 78.6 Å². The molecule has 11 heteroatoms. The van der Waals surface area contributed by atoms with Gasteiger partial charge < -0.3 is 36.4 Å². The third-order valence-electron chi connectivity index (χ3n) is 7.10. The molecule has 0 saturated carbocycles. The molecule has 0 radical (unpaired) electrons. The number of aliphatic hydroxyl groups is 6. The minimum atomic E-state index is -3.25. The predicted molar refractivity (Wildman–Crippen MR) is 110 cm³/mol. The van der Waals surface area contributed by atoms with E-state index in [4.69, 9.17) is 5.73 Å². The van der Waals surface area contributed by atoms with Gasteiger partial charge in [0, 0.05) is 16.7 Å². The van der Waals surface area contributed by atoms with E-state index < -0.39 is 75.0 Å². The van der Waals surface area contributed by atoms with Crippen molar-refractivity contribution in [1.29, 1.82) is 0 Å². The molecule has 0 fully saturated rings. The number of Topliss-reactive ketones (excluding diaryl/α,β-unsaturated/α-hetero) is 2. The fourth-order valence-electron chi connectivity index (χ4n) is 5.67. The zero-order valence-electron chi connectivity index (χ0n) is 18.0. The molecule has 5 unspecified atom stereocenters. The Morgan fingerprint density at radius 3 is 2.18 bits per heavy atom. The maximum atomic E-state index is 13.5. The molecule has 0 saturated heterocycles. The highest BCUT2D eigenvalue weighted by Gasteiger charge is 2.72. The highest BCUT2D eigenvalue weighted by Crippen LogP contribution is 2.59. The van der Waals surface area contributed by atoms with Crippen LogP contribution in [0.15, 0.2) is 46.9 Å². The van der Waals surface area contributed by atoms with E-state index in [0.29, 0.717) is 0 Å². The third-order valence-corrected chi connectivity index (χ3v) is 7.10. The van der Waals surface area contributed by atoms with E-state index in [1.165, 1.54) is 45.3 Å². The molecule has 4 rings (SSSR count). The van der Waals surface area contributed by atoms with Gasteiger partial charge in [-0.1, -0.05) is 24.3 Å². The molecule has 5 atom stereocenters. The quantitative estimate of drug-likeness (QED) is 0.257. The zero-order chi connectivity index (χ0) is 24.8. The van der Waals surface area contributed by atoms with Crippen LogP contribution >= 0.6 is 0 Å². The molecule has 8 N–H and O–H groups in total. The van der Waals surface area contributed by atoms with E-state index in [2.05, 4.69) is 0 Å². The van der Waals surface area contributed by atoms with E-state index in [-0.39, 0.29) is 11.1 Å². The normalized spacial score (nSPS) is 35.3. The third kappa shape index (κ3) is 2.59. The molecule has 3 aliphatic rings. The summed E-state index contributed by atoms with van der Waals surface area (Å²) in [6, 6.07) is 5.76. The van der Waals surface area contributed by atoms with E-state index in [0.717, 1.165) is 4.90 Å². The topological polar surface area (TPSA) is 202 Å². The molecule has 176 valence electrons. The molecule has 0 spiro atoms. The SMILES string of the molecule is CN(C)C1(O)C(O)=C(O)C(=O)C2C(C(N)=O)=C3C(=O)c4ccccc4C(C)(O)C3C(O)(O)C21. The Hall–Kier alpha value is -3.09. The molecule has 1 aromatic carbocycles. The Labute approximate surface area is 187 Å². The first-order valence-corrected chi connectivity index (χ1v) is 10.0. The smallest absolute Gasteiger partial charge is 0.245 e. The number of amides is 1. The number of likely N-dealkylation sites (N-methyl/N-ethyl adjacent to an activating group) is 1. The van der Waals surface area contributed by atoms with Gasteiger partial charge in [0.25, 0.3) is 0 Å². The Balaban J connectivity index is 2.19. The monoisotopic (exact) mass is 460 g/mol. The lowest BCUT2D eigenvalue weighted by atomic mass is 9.52. The van der Waals surface area contributed by atoms with Gasteiger partial charge in [-0.25, -0.2) is 0 Å². The van der Waals surface area contributed by atoms with E-state index in [1.54, 1.807) is 0 Å². The summed E-state index contributed by atoms with van der Waals surface area (Å²) < 4.78 is 0. The number of aliphatic hydroxyl groups excluding tert-OH is 2. The summed E-state index contributed by atoms with van der Waals surface area (Å²) in [5.41, 5.74) is -0.760. The first-order valence-electron chi connectivity index (χ1n) is 10.0. The molecular weight excluding hydrogens is 436 g/mol. The number of hydrogen-bond acceptors (Lipinski definition) is 10. The van der Waals surface area contributed by atoms with Crippen molar-refractivity contribution in [2.75, 3.05) is 14.1 Å². The van der Waals surface area contributed by atoms with Gasteiger partial charge >= 0.3 is 0 Å². The Kier molecular flexibility index (Phi) is 4.70. The van der Waals surface area contributed by atoms with Crippen LogP contribution in [0, 0.1) is 17.8 Å². The average molecular weight is 460 g/mol. The highest BCUT2D eigenvalue weighted by atomic mass is 16.5. The number of ketones is 2. The van der Waals surface area contributed by atoms with Gasteiger partial charge in [-0.2, -0.15) is 0 Å². The Bertz CT molecular complexity index is 1180. The number of allylic oxidation sites excluding steroid dienone is 1. The van der Waals surface area contributed by atoms with Gasteiger partial charge in [-0.3, -0.25) is 19.3 Å². The number of nitrogens with zero attached hydrogens (tertiary/aromatic N) is 1. The van der Waals surface area contributed by atoms with Crippen LogP contribution in [0.1, 0.15) is 22.8 Å². The molecule has 33 heavy (non-hydrogen) atoms. The number of primary amides is 1. The van der Waals surface area contributed by atoms with Gasteiger partial charge in [0.1, 0.15) is 0 Å². The summed E-state index contributed by atoms with van der Waals surface area (Å²) in [5, 5.41) is 66.6. The van der Waals surface area contributed by atoms with Crippen LogP contribution in [0.3, 0.4) is 0 Å². The molecule has 1 amide bonds. The number of hydrogen-bond donors (Lipinski definition) is 7. The summed E-state index contributed by atoms with van der Waals surface area (Å²) in [6.45, 7) is 1.19. The highest BCUT2D eigenvalue weighted by molar-refractivity contribution is 6.18. The lowest BCUT2D eigenvalue weighted by molar-refractivity contribution is -0.321. The maximum absolute atomic E-state index is 13.5. The van der Waals surface area contributed by atoms with Gasteiger partial charge in [0.15, 0.2) is 23.1 Å². The van der Waals surface area contributed by atoms with Crippen molar-refractivity contribution >= 4 is 17.5 Å². The molecule has 0 heterocycles. The summed E-state index contributed by atoms with van der Waals surface area (Å²) >= 11 is 0. The molecule has 0 aromatic heterocycles. The van der Waals surface area contributed by atoms with Crippen LogP contribution in [0.2, 0.25) is 0 Å². The van der Waals surface area contributed by atoms with Crippen molar-refractivity contribution in [1.82, 2.24) is 4.90 Å². The van der Waals surface area contributed by atoms with Crippen LogP contribution in [0.5, 0.6) is 0 Å². The van der Waals surface area contributed by atoms with Gasteiger partial charge in [-0.15, -0.1) is 0 Å². The van der Waals surface area contributed by atoms with Crippen molar-refractivity contribution in [3.8, 4) is 0 Å². The van der Waals surface area contributed by atoms with Crippen LogP contribution in [-0.2, 0) is 15.2 Å². The van der Waals surface area contributed by atoms with Gasteiger partial charge in [0.2, 0.25) is 17.4 Å². The second-order valence-corrected chi connectivity index (χ2v) is 9.07. The minimum absolute atomic E-state index is 0.0247. The Morgan fingerprint density at radius 2 is 1.64 bits per heavy atom. The standard InChI is InChI=1S/C22H24N2O9/c1-20(30)9-7-5-4-6-8(9)13(25)11-10(19(23)29)12-14(26)15(27)18(28)21(31,24(2)3)17(12)22(32,33)16(11)20/h4-7,12,16-17,27-28,30-33H,1-3H3,(H2,23,29). The maximum Gasteiger partial charge on any atom is 0.245 e. The van der Waals surface area contributed by atoms with E-state index >= 15 is 0 Å². The fraction of sp³-hybridized carbons (Fsp3) is 0.409. The van der Waals surface area contributed by atoms with Crippen LogP contribution in [0.25, 0.3) is 0 Å². The first kappa shape index (κ1) is 23.1. The molecular formula is C22H24N2O9. The van der Waals surface area contributed by atoms with E-state index in [9.17, 15) is 45.0 Å². The summed E-state index contributed by atoms with van der Waals surface area (Å²) in [4.78, 5) is 40.0. The number of rotatable bonds is 2. The number of carbonyl (C=O) groups excluding carboxylic acids is 3. The lowest BCUT2D eigenvalue weighted by Gasteiger charge is -2.58. The lowest BCUT2D eigenvalue weighted by Crippen LogP contribution is -2.73. The second-order valence-electron chi connectivity index (χ2n) is 9.07. The molecule has 11 nitrogen and oxygen atoms in total. The van der Waals surface area contributed by atoms with Crippen molar-refractivity contribution in [3.05, 3.63) is 58.1 Å². The summed E-state index contributed by atoms with van der Waals surface area (Å²) in [7, 11) is 2.43. The van der Waals surface area contributed by atoms with E-state index in [1.807, 2.05) is 0 Å².